The number of benzene rings is 2. The van der Waals surface area contributed by atoms with Crippen molar-refractivity contribution in [1.82, 2.24) is 4.57 Å². The van der Waals surface area contributed by atoms with Crippen molar-refractivity contribution in [3.8, 4) is 38.8 Å². The molecule has 2 aromatic carbocycles. The molecule has 0 saturated carbocycles. The van der Waals surface area contributed by atoms with Gasteiger partial charge in [0, 0.05) is 28.4 Å². The summed E-state index contributed by atoms with van der Waals surface area (Å²) in [5.41, 5.74) is 5.41. The van der Waals surface area contributed by atoms with Crippen molar-refractivity contribution in [2.75, 3.05) is 0 Å². The van der Waals surface area contributed by atoms with Crippen molar-refractivity contribution in [1.29, 1.82) is 5.26 Å². The molecule has 0 unspecified atom stereocenters. The van der Waals surface area contributed by atoms with Gasteiger partial charge in [0.15, 0.2) is 0 Å². The number of aromatic nitrogens is 1. The summed E-state index contributed by atoms with van der Waals surface area (Å²) >= 11 is 7.52. The molecule has 0 N–H and O–H groups in total. The van der Waals surface area contributed by atoms with Crippen LogP contribution in [0.25, 0.3) is 32.7 Å². The van der Waals surface area contributed by atoms with Gasteiger partial charge in [-0.25, -0.2) is 0 Å². The van der Waals surface area contributed by atoms with Crippen LogP contribution in [0.1, 0.15) is 0 Å². The molecule has 4 aromatic rings. The highest BCUT2D eigenvalue weighted by Crippen LogP contribution is 2.35. The van der Waals surface area contributed by atoms with Crippen molar-refractivity contribution in [3.05, 3.63) is 89.0 Å². The lowest BCUT2D eigenvalue weighted by Crippen LogP contribution is -1.99. The van der Waals surface area contributed by atoms with Crippen molar-refractivity contribution < 1.29 is 0 Å². The minimum absolute atomic E-state index is 0.291. The second-order valence-electron chi connectivity index (χ2n) is 6.18. The van der Waals surface area contributed by atoms with E-state index >= 15 is 0 Å². The maximum Gasteiger partial charge on any atom is 0.109 e. The van der Waals surface area contributed by atoms with Gasteiger partial charge in [-0.1, -0.05) is 72.9 Å². The number of thiophene rings is 1. The summed E-state index contributed by atoms with van der Waals surface area (Å²) in [6, 6.07) is 24.8. The van der Waals surface area contributed by atoms with Crippen molar-refractivity contribution in [2.45, 2.75) is 6.54 Å². The van der Waals surface area contributed by atoms with Crippen LogP contribution in [0.15, 0.2) is 84.5 Å². The van der Waals surface area contributed by atoms with Gasteiger partial charge in [0.1, 0.15) is 6.54 Å². The van der Waals surface area contributed by atoms with Crippen molar-refractivity contribution >= 4 is 23.6 Å². The van der Waals surface area contributed by atoms with Gasteiger partial charge >= 0.3 is 0 Å². The molecule has 4 heteroatoms. The number of pyridine rings is 1. The molecule has 0 spiro atoms. The molecule has 0 radical (unpaired) electrons. The number of hydrogen-bond acceptors (Lipinski definition) is 3. The molecule has 4 rings (SSSR count). The highest BCUT2D eigenvalue weighted by atomic mass is 32.1. The molecule has 0 amide bonds. The summed E-state index contributed by atoms with van der Waals surface area (Å²) in [5.74, 6) is 0. The summed E-state index contributed by atoms with van der Waals surface area (Å²) in [7, 11) is 0. The van der Waals surface area contributed by atoms with Crippen LogP contribution >= 0.6 is 23.6 Å². The van der Waals surface area contributed by atoms with E-state index in [1.54, 1.807) is 11.3 Å². The molecule has 0 saturated heterocycles. The normalized spacial score (nSPS) is 10.5. The van der Waals surface area contributed by atoms with E-state index in [1.807, 2.05) is 53.4 Å². The van der Waals surface area contributed by atoms with E-state index in [0.29, 0.717) is 6.54 Å². The lowest BCUT2D eigenvalue weighted by Gasteiger charge is -2.11. The van der Waals surface area contributed by atoms with Crippen LogP contribution < -0.4 is 0 Å². The SMILES string of the molecule is N#CCn1cc(-c2ccccc2)c(=S)c(-c2cc(-c3ccccc3)cs2)c1. The average Bonchev–Trinajstić information content (AvgIpc) is 3.21. The number of nitrogens with zero attached hydrogens (tertiary/aromatic N) is 2. The minimum Gasteiger partial charge on any atom is -0.339 e. The van der Waals surface area contributed by atoms with Gasteiger partial charge in [-0.3, -0.25) is 0 Å². The number of hydrogen-bond donors (Lipinski definition) is 0. The van der Waals surface area contributed by atoms with E-state index in [9.17, 15) is 5.26 Å². The van der Waals surface area contributed by atoms with Crippen molar-refractivity contribution in [2.24, 2.45) is 0 Å². The first-order chi connectivity index (χ1) is 13.3. The van der Waals surface area contributed by atoms with Gasteiger partial charge in [0.05, 0.1) is 10.6 Å². The average molecular weight is 385 g/mol. The van der Waals surface area contributed by atoms with Crippen LogP contribution in [0.4, 0.5) is 0 Å². The molecule has 0 bridgehead atoms. The van der Waals surface area contributed by atoms with Gasteiger partial charge in [-0.2, -0.15) is 5.26 Å². The van der Waals surface area contributed by atoms with Crippen LogP contribution in [0.2, 0.25) is 0 Å². The third kappa shape index (κ3) is 3.61. The molecule has 130 valence electrons. The van der Waals surface area contributed by atoms with Crippen LogP contribution in [0.3, 0.4) is 0 Å². The monoisotopic (exact) mass is 384 g/mol. The maximum atomic E-state index is 9.17. The zero-order valence-electron chi connectivity index (χ0n) is 14.5. The second kappa shape index (κ2) is 7.71. The Bertz CT molecular complexity index is 1170. The highest BCUT2D eigenvalue weighted by molar-refractivity contribution is 7.71. The third-order valence-corrected chi connectivity index (χ3v) is 5.79. The number of rotatable bonds is 4. The van der Waals surface area contributed by atoms with Gasteiger partial charge < -0.3 is 4.57 Å². The molecule has 2 aromatic heterocycles. The first-order valence-corrected chi connectivity index (χ1v) is 9.86. The first-order valence-electron chi connectivity index (χ1n) is 8.57. The predicted octanol–water partition coefficient (Wildman–Crippen LogP) is 6.80. The lowest BCUT2D eigenvalue weighted by atomic mass is 10.0. The van der Waals surface area contributed by atoms with Crippen LogP contribution in [0.5, 0.6) is 0 Å². The standard InChI is InChI=1S/C23H16N2S2/c24-11-12-25-14-20(18-9-5-2-6-10-18)23(26)21(15-25)22-13-19(16-27-22)17-7-3-1-4-8-17/h1-10,13-16H,12H2. The van der Waals surface area contributed by atoms with Crippen LogP contribution in [0, 0.1) is 15.8 Å². The van der Waals surface area contributed by atoms with E-state index in [-0.39, 0.29) is 0 Å². The fourth-order valence-electron chi connectivity index (χ4n) is 3.06. The molecule has 0 aliphatic carbocycles. The molecule has 0 aliphatic rings. The van der Waals surface area contributed by atoms with Gasteiger partial charge in [-0.05, 0) is 28.1 Å². The van der Waals surface area contributed by atoms with Crippen LogP contribution in [-0.4, -0.2) is 4.57 Å². The largest absolute Gasteiger partial charge is 0.339 e. The molecular formula is C23H16N2S2. The van der Waals surface area contributed by atoms with E-state index in [4.69, 9.17) is 12.2 Å². The maximum absolute atomic E-state index is 9.17. The van der Waals surface area contributed by atoms with Crippen LogP contribution in [-0.2, 0) is 6.54 Å². The molecular weight excluding hydrogens is 368 g/mol. The Kier molecular flexibility index (Phi) is 4.97. The van der Waals surface area contributed by atoms with Crippen molar-refractivity contribution in [3.63, 3.8) is 0 Å². The molecule has 27 heavy (non-hydrogen) atoms. The molecule has 0 fully saturated rings. The zero-order chi connectivity index (χ0) is 18.6. The third-order valence-electron chi connectivity index (χ3n) is 4.39. The Labute approximate surface area is 167 Å². The minimum atomic E-state index is 0.291. The molecule has 2 heterocycles. The fourth-order valence-corrected chi connectivity index (χ4v) is 4.40. The summed E-state index contributed by atoms with van der Waals surface area (Å²) in [4.78, 5) is 1.11. The summed E-state index contributed by atoms with van der Waals surface area (Å²) < 4.78 is 2.73. The smallest absolute Gasteiger partial charge is 0.109 e. The Hall–Kier alpha value is -3.00. The van der Waals surface area contributed by atoms with Gasteiger partial charge in [0.25, 0.3) is 0 Å². The van der Waals surface area contributed by atoms with Gasteiger partial charge in [0.2, 0.25) is 0 Å². The first kappa shape index (κ1) is 17.4. The topological polar surface area (TPSA) is 28.7 Å². The van der Waals surface area contributed by atoms with E-state index < -0.39 is 0 Å². The summed E-state index contributed by atoms with van der Waals surface area (Å²) in [5, 5.41) is 11.3. The second-order valence-corrected chi connectivity index (χ2v) is 7.50. The highest BCUT2D eigenvalue weighted by Gasteiger charge is 2.11. The summed E-state index contributed by atoms with van der Waals surface area (Å²) in [6.45, 7) is 0.291. The quantitative estimate of drug-likeness (QED) is 0.362. The van der Waals surface area contributed by atoms with E-state index in [0.717, 1.165) is 26.1 Å². The Morgan fingerprint density at radius 3 is 2.15 bits per heavy atom. The Balaban J connectivity index is 1.86. The van der Waals surface area contributed by atoms with Gasteiger partial charge in [-0.15, -0.1) is 11.3 Å². The fraction of sp³-hybridized carbons (Fsp3) is 0.0435. The van der Waals surface area contributed by atoms with E-state index in [2.05, 4.69) is 41.8 Å². The molecule has 2 nitrogen and oxygen atoms in total. The summed E-state index contributed by atoms with van der Waals surface area (Å²) in [6.07, 6.45) is 3.95. The Morgan fingerprint density at radius 1 is 0.852 bits per heavy atom. The molecule has 0 atom stereocenters. The predicted molar refractivity (Wildman–Crippen MR) is 115 cm³/mol. The zero-order valence-corrected chi connectivity index (χ0v) is 16.1. The number of nitriles is 1. The van der Waals surface area contributed by atoms with E-state index in [1.165, 1.54) is 11.1 Å². The lowest BCUT2D eigenvalue weighted by molar-refractivity contribution is 0.826. The Morgan fingerprint density at radius 2 is 1.48 bits per heavy atom. The molecule has 0 aliphatic heterocycles.